The first-order valence-corrected chi connectivity index (χ1v) is 8.97. The summed E-state index contributed by atoms with van der Waals surface area (Å²) in [7, 11) is 0. The average molecular weight is 333 g/mol. The van der Waals surface area contributed by atoms with Crippen LogP contribution in [0.5, 0.6) is 0 Å². The highest BCUT2D eigenvalue weighted by Gasteiger charge is 2.36. The van der Waals surface area contributed by atoms with Crippen LogP contribution < -0.4 is 0 Å². The molecule has 8 heteroatoms. The molecule has 0 bridgehead atoms. The number of rotatable bonds is 3. The Kier molecular flexibility index (Phi) is 4.09. The zero-order valence-electron chi connectivity index (χ0n) is 12.8. The van der Waals surface area contributed by atoms with Crippen molar-refractivity contribution in [1.29, 1.82) is 0 Å². The minimum atomic E-state index is 0.0551. The van der Waals surface area contributed by atoms with Crippen LogP contribution in [0.15, 0.2) is 16.8 Å². The van der Waals surface area contributed by atoms with Gasteiger partial charge in [-0.1, -0.05) is 12.8 Å². The zero-order valence-corrected chi connectivity index (χ0v) is 13.6. The Morgan fingerprint density at radius 3 is 3.17 bits per heavy atom. The minimum Gasteiger partial charge on any atom is -0.374 e. The van der Waals surface area contributed by atoms with Gasteiger partial charge in [0, 0.05) is 17.5 Å². The molecule has 0 radical (unpaired) electrons. The summed E-state index contributed by atoms with van der Waals surface area (Å²) in [6.07, 6.45) is 4.64. The molecule has 2 aliphatic rings. The van der Waals surface area contributed by atoms with Crippen molar-refractivity contribution in [3.63, 3.8) is 0 Å². The third kappa shape index (κ3) is 3.00. The quantitative estimate of drug-likeness (QED) is 0.852. The van der Waals surface area contributed by atoms with Crippen molar-refractivity contribution in [2.45, 2.75) is 44.4 Å². The fraction of sp³-hybridized carbons (Fsp3) is 0.600. The van der Waals surface area contributed by atoms with Crippen molar-refractivity contribution in [2.24, 2.45) is 0 Å². The van der Waals surface area contributed by atoms with Crippen LogP contribution in [0.3, 0.4) is 0 Å². The molecule has 0 N–H and O–H groups in total. The zero-order chi connectivity index (χ0) is 15.6. The second-order valence-corrected chi connectivity index (χ2v) is 6.78. The highest BCUT2D eigenvalue weighted by molar-refractivity contribution is 7.08. The van der Waals surface area contributed by atoms with Crippen LogP contribution in [0, 0.1) is 0 Å². The lowest BCUT2D eigenvalue weighted by atomic mass is 9.90. The van der Waals surface area contributed by atoms with Crippen LogP contribution in [0.1, 0.15) is 25.7 Å². The van der Waals surface area contributed by atoms with Crippen molar-refractivity contribution in [3.05, 3.63) is 16.8 Å². The average Bonchev–Trinajstić information content (AvgIpc) is 3.25. The molecular weight excluding hydrogens is 314 g/mol. The normalized spacial score (nSPS) is 24.4. The Morgan fingerprint density at radius 1 is 1.39 bits per heavy atom. The lowest BCUT2D eigenvalue weighted by Crippen LogP contribution is -2.55. The van der Waals surface area contributed by atoms with Gasteiger partial charge in [-0.05, 0) is 29.5 Å². The van der Waals surface area contributed by atoms with E-state index in [4.69, 9.17) is 4.74 Å². The van der Waals surface area contributed by atoms with Gasteiger partial charge in [0.05, 0.1) is 18.8 Å². The standard InChI is InChI=1S/C15H19N5O2S/c21-14(19-6-7-22-13-4-2-1-3-12(13)19)9-20-17-15(16-18-20)11-5-8-23-10-11/h5,8,10,12-13H,1-4,6-7,9H2/t12-,13+/m1/s1. The lowest BCUT2D eigenvalue weighted by molar-refractivity contribution is -0.150. The largest absolute Gasteiger partial charge is 0.374 e. The number of ether oxygens (including phenoxy) is 1. The maximum Gasteiger partial charge on any atom is 0.246 e. The van der Waals surface area contributed by atoms with Crippen LogP contribution in [-0.2, 0) is 16.1 Å². The second kappa shape index (κ2) is 6.37. The summed E-state index contributed by atoms with van der Waals surface area (Å²) >= 11 is 1.59. The number of carbonyl (C=O) groups is 1. The Labute approximate surface area is 138 Å². The molecule has 1 aliphatic heterocycles. The molecule has 1 aliphatic carbocycles. The van der Waals surface area contributed by atoms with E-state index in [1.165, 1.54) is 11.2 Å². The van der Waals surface area contributed by atoms with Crippen LogP contribution in [-0.4, -0.2) is 56.3 Å². The fourth-order valence-electron chi connectivity index (χ4n) is 3.44. The Balaban J connectivity index is 1.45. The lowest BCUT2D eigenvalue weighted by Gasteiger charge is -2.43. The van der Waals surface area contributed by atoms with E-state index in [2.05, 4.69) is 15.4 Å². The van der Waals surface area contributed by atoms with Gasteiger partial charge in [-0.25, -0.2) is 0 Å². The third-order valence-corrected chi connectivity index (χ3v) is 5.24. The SMILES string of the molecule is O=C(Cn1nnc(-c2ccsc2)n1)N1CCO[C@H]2CCCC[C@H]21. The number of fused-ring (bicyclic) bond motifs is 1. The first-order valence-electron chi connectivity index (χ1n) is 8.03. The van der Waals surface area contributed by atoms with Gasteiger partial charge in [-0.15, -0.1) is 10.2 Å². The Morgan fingerprint density at radius 2 is 2.30 bits per heavy atom. The molecule has 23 heavy (non-hydrogen) atoms. The maximum absolute atomic E-state index is 12.7. The predicted octanol–water partition coefficient (Wildman–Crippen LogP) is 1.57. The van der Waals surface area contributed by atoms with Crippen LogP contribution in [0.4, 0.5) is 0 Å². The van der Waals surface area contributed by atoms with Crippen LogP contribution in [0.2, 0.25) is 0 Å². The first-order chi connectivity index (χ1) is 11.3. The number of carbonyl (C=O) groups excluding carboxylic acids is 1. The van der Waals surface area contributed by atoms with Crippen molar-refractivity contribution in [2.75, 3.05) is 13.2 Å². The van der Waals surface area contributed by atoms with E-state index in [0.29, 0.717) is 19.0 Å². The van der Waals surface area contributed by atoms with Gasteiger partial charge in [0.25, 0.3) is 0 Å². The molecule has 2 atom stereocenters. The molecule has 122 valence electrons. The number of morpholine rings is 1. The van der Waals surface area contributed by atoms with Crippen molar-refractivity contribution < 1.29 is 9.53 Å². The maximum atomic E-state index is 12.7. The van der Waals surface area contributed by atoms with Gasteiger partial charge < -0.3 is 9.64 Å². The number of nitrogens with zero attached hydrogens (tertiary/aromatic N) is 5. The van der Waals surface area contributed by atoms with E-state index in [9.17, 15) is 4.79 Å². The van der Waals surface area contributed by atoms with Gasteiger partial charge in [0.1, 0.15) is 6.54 Å². The van der Waals surface area contributed by atoms with Crippen molar-refractivity contribution in [1.82, 2.24) is 25.1 Å². The fourth-order valence-corrected chi connectivity index (χ4v) is 4.07. The molecule has 2 aromatic heterocycles. The Hall–Kier alpha value is -1.80. The van der Waals surface area contributed by atoms with E-state index in [1.807, 2.05) is 21.7 Å². The van der Waals surface area contributed by atoms with E-state index in [-0.39, 0.29) is 24.6 Å². The minimum absolute atomic E-state index is 0.0551. The molecule has 2 fully saturated rings. The summed E-state index contributed by atoms with van der Waals surface area (Å²) in [6.45, 7) is 1.42. The topological polar surface area (TPSA) is 73.1 Å². The van der Waals surface area contributed by atoms with Crippen LogP contribution in [0.25, 0.3) is 11.4 Å². The number of hydrogen-bond acceptors (Lipinski definition) is 6. The molecule has 0 aromatic carbocycles. The summed E-state index contributed by atoms with van der Waals surface area (Å²) in [5.74, 6) is 0.621. The van der Waals surface area contributed by atoms with Gasteiger partial charge in [0.2, 0.25) is 11.7 Å². The molecule has 4 rings (SSSR count). The molecular formula is C15H19N5O2S. The number of aromatic nitrogens is 4. The first kappa shape index (κ1) is 14.8. The summed E-state index contributed by atoms with van der Waals surface area (Å²) in [5, 5.41) is 16.3. The molecule has 2 aromatic rings. The van der Waals surface area contributed by atoms with Gasteiger partial charge in [0.15, 0.2) is 0 Å². The molecule has 1 saturated carbocycles. The number of amides is 1. The molecule has 7 nitrogen and oxygen atoms in total. The van der Waals surface area contributed by atoms with Gasteiger partial charge in [-0.3, -0.25) is 4.79 Å². The number of hydrogen-bond donors (Lipinski definition) is 0. The molecule has 1 saturated heterocycles. The monoisotopic (exact) mass is 333 g/mol. The summed E-state index contributed by atoms with van der Waals surface area (Å²) in [4.78, 5) is 16.0. The summed E-state index contributed by atoms with van der Waals surface area (Å²) < 4.78 is 5.82. The molecule has 0 unspecified atom stereocenters. The summed E-state index contributed by atoms with van der Waals surface area (Å²) in [5.41, 5.74) is 0.937. The van der Waals surface area contributed by atoms with Gasteiger partial charge in [-0.2, -0.15) is 16.1 Å². The smallest absolute Gasteiger partial charge is 0.246 e. The molecule has 3 heterocycles. The summed E-state index contributed by atoms with van der Waals surface area (Å²) in [6, 6.07) is 2.16. The highest BCUT2D eigenvalue weighted by Crippen LogP contribution is 2.28. The van der Waals surface area contributed by atoms with Crippen molar-refractivity contribution in [3.8, 4) is 11.4 Å². The second-order valence-electron chi connectivity index (χ2n) is 6.00. The van der Waals surface area contributed by atoms with E-state index in [0.717, 1.165) is 24.8 Å². The Bertz CT molecular complexity index is 669. The van der Waals surface area contributed by atoms with E-state index in [1.54, 1.807) is 11.3 Å². The third-order valence-electron chi connectivity index (χ3n) is 4.56. The highest BCUT2D eigenvalue weighted by atomic mass is 32.1. The molecule has 0 spiro atoms. The van der Waals surface area contributed by atoms with Crippen LogP contribution >= 0.6 is 11.3 Å². The van der Waals surface area contributed by atoms with Gasteiger partial charge >= 0.3 is 0 Å². The number of thiophene rings is 1. The molecule has 1 amide bonds. The van der Waals surface area contributed by atoms with E-state index < -0.39 is 0 Å². The van der Waals surface area contributed by atoms with E-state index >= 15 is 0 Å². The number of tetrazole rings is 1. The van der Waals surface area contributed by atoms with Crippen molar-refractivity contribution >= 4 is 17.2 Å². The predicted molar refractivity (Wildman–Crippen MR) is 84.8 cm³/mol.